The lowest BCUT2D eigenvalue weighted by molar-refractivity contribution is -0.132. The number of carbonyl (C=O) groups is 1. The molecule has 0 saturated carbocycles. The molecular weight excluding hydrogens is 376 g/mol. The minimum Gasteiger partial charge on any atom is -0.353 e. The molecule has 5 rings (SSSR count). The van der Waals surface area contributed by atoms with E-state index in [1.165, 1.54) is 5.69 Å². The van der Waals surface area contributed by atoms with Gasteiger partial charge in [-0.25, -0.2) is 9.97 Å². The van der Waals surface area contributed by atoms with Crippen molar-refractivity contribution in [2.45, 2.75) is 31.7 Å². The Labute approximate surface area is 175 Å². The maximum absolute atomic E-state index is 12.9. The number of aromatic nitrogens is 3. The van der Waals surface area contributed by atoms with Crippen molar-refractivity contribution in [3.63, 3.8) is 0 Å². The fraction of sp³-hybridized carbons (Fsp3) is 0.391. The average Bonchev–Trinajstić information content (AvgIpc) is 3.39. The molecule has 5 heterocycles. The summed E-state index contributed by atoms with van der Waals surface area (Å²) < 4.78 is 2.13. The second-order valence-corrected chi connectivity index (χ2v) is 8.18. The number of hydrogen-bond donors (Lipinski definition) is 0. The molecule has 2 fully saturated rings. The van der Waals surface area contributed by atoms with E-state index in [1.54, 1.807) is 12.3 Å². The lowest BCUT2D eigenvalue weighted by atomic mass is 9.97. The number of anilines is 1. The standard InChI is InChI=1S/C23H24N6O/c24-12-17-7-8-22(26-13-17)27-9-10-28-21(15-27)11-18(23(28)30)3-1-4-19-5-2-6-20-14-25-16-29(19)20/h2,5-8,13-14,16,18,21H,1,3-4,9-11,15H2/t18-,21-/m0/s1. The Bertz CT molecular complexity index is 1100. The fourth-order valence-electron chi connectivity index (χ4n) is 4.84. The molecular formula is C23H24N6O. The van der Waals surface area contributed by atoms with Crippen molar-refractivity contribution in [3.05, 3.63) is 60.3 Å². The number of nitriles is 1. The van der Waals surface area contributed by atoms with Gasteiger partial charge in [0.15, 0.2) is 0 Å². The molecule has 0 unspecified atom stereocenters. The van der Waals surface area contributed by atoms with Gasteiger partial charge in [0.2, 0.25) is 5.91 Å². The summed E-state index contributed by atoms with van der Waals surface area (Å²) in [6.07, 6.45) is 9.13. The van der Waals surface area contributed by atoms with Gasteiger partial charge < -0.3 is 14.2 Å². The number of nitrogens with zero attached hydrogens (tertiary/aromatic N) is 6. The number of amides is 1. The second-order valence-electron chi connectivity index (χ2n) is 8.18. The summed E-state index contributed by atoms with van der Waals surface area (Å²) in [6.45, 7) is 2.35. The molecule has 0 radical (unpaired) electrons. The SMILES string of the molecule is N#Cc1ccc(N2CCN3C(=O)[C@@H](CCCc4cccc5cncn45)C[C@H]3C2)nc1. The summed E-state index contributed by atoms with van der Waals surface area (Å²) in [5, 5.41) is 8.95. The largest absolute Gasteiger partial charge is 0.353 e. The third-order valence-corrected chi connectivity index (χ3v) is 6.39. The van der Waals surface area contributed by atoms with Crippen LogP contribution in [0.2, 0.25) is 0 Å². The van der Waals surface area contributed by atoms with Crippen molar-refractivity contribution < 1.29 is 4.79 Å². The van der Waals surface area contributed by atoms with E-state index in [9.17, 15) is 4.79 Å². The first-order chi connectivity index (χ1) is 14.7. The van der Waals surface area contributed by atoms with E-state index in [2.05, 4.69) is 48.4 Å². The average molecular weight is 400 g/mol. The highest BCUT2D eigenvalue weighted by atomic mass is 16.2. The molecule has 30 heavy (non-hydrogen) atoms. The van der Waals surface area contributed by atoms with Gasteiger partial charge in [-0.3, -0.25) is 4.79 Å². The van der Waals surface area contributed by atoms with Crippen LogP contribution in [-0.2, 0) is 11.2 Å². The van der Waals surface area contributed by atoms with E-state index in [0.717, 1.165) is 56.7 Å². The highest BCUT2D eigenvalue weighted by Gasteiger charge is 2.42. The number of imidazole rings is 1. The van der Waals surface area contributed by atoms with Crippen LogP contribution >= 0.6 is 0 Å². The quantitative estimate of drug-likeness (QED) is 0.658. The summed E-state index contributed by atoms with van der Waals surface area (Å²) in [6, 6.07) is 12.3. The highest BCUT2D eigenvalue weighted by Crippen LogP contribution is 2.32. The van der Waals surface area contributed by atoms with Gasteiger partial charge in [-0.1, -0.05) is 6.07 Å². The molecule has 0 aliphatic carbocycles. The van der Waals surface area contributed by atoms with Crippen molar-refractivity contribution in [1.29, 1.82) is 5.26 Å². The smallest absolute Gasteiger partial charge is 0.226 e. The van der Waals surface area contributed by atoms with Crippen LogP contribution in [0.1, 0.15) is 30.5 Å². The van der Waals surface area contributed by atoms with Gasteiger partial charge in [0.05, 0.1) is 29.6 Å². The number of fused-ring (bicyclic) bond motifs is 2. The number of carbonyl (C=O) groups excluding carboxylic acids is 1. The van der Waals surface area contributed by atoms with E-state index in [0.29, 0.717) is 11.5 Å². The molecule has 0 spiro atoms. The monoisotopic (exact) mass is 400 g/mol. The van der Waals surface area contributed by atoms with Crippen LogP contribution in [0.25, 0.3) is 5.52 Å². The van der Waals surface area contributed by atoms with Crippen molar-refractivity contribution >= 4 is 17.2 Å². The molecule has 0 N–H and O–H groups in total. The third-order valence-electron chi connectivity index (χ3n) is 6.39. The predicted molar refractivity (Wildman–Crippen MR) is 113 cm³/mol. The fourth-order valence-corrected chi connectivity index (χ4v) is 4.84. The Balaban J connectivity index is 1.19. The van der Waals surface area contributed by atoms with Crippen molar-refractivity contribution in [2.24, 2.45) is 5.92 Å². The molecule has 0 aromatic carbocycles. The summed E-state index contributed by atoms with van der Waals surface area (Å²) in [5.41, 5.74) is 2.92. The van der Waals surface area contributed by atoms with Crippen molar-refractivity contribution in [1.82, 2.24) is 19.3 Å². The van der Waals surface area contributed by atoms with Crippen LogP contribution in [0.3, 0.4) is 0 Å². The molecule has 0 bridgehead atoms. The molecule has 1 amide bonds. The molecule has 2 atom stereocenters. The topological polar surface area (TPSA) is 77.5 Å². The Morgan fingerprint density at radius 1 is 1.17 bits per heavy atom. The van der Waals surface area contributed by atoms with Crippen LogP contribution in [0.4, 0.5) is 5.82 Å². The van der Waals surface area contributed by atoms with Crippen molar-refractivity contribution in [2.75, 3.05) is 24.5 Å². The Morgan fingerprint density at radius 3 is 2.93 bits per heavy atom. The maximum Gasteiger partial charge on any atom is 0.226 e. The third kappa shape index (κ3) is 3.39. The van der Waals surface area contributed by atoms with E-state index >= 15 is 0 Å². The van der Waals surface area contributed by atoms with Gasteiger partial charge in [0.25, 0.3) is 0 Å². The second kappa shape index (κ2) is 7.79. The van der Waals surface area contributed by atoms with Gasteiger partial charge in [-0.05, 0) is 49.9 Å². The first-order valence-electron chi connectivity index (χ1n) is 10.5. The maximum atomic E-state index is 12.9. The van der Waals surface area contributed by atoms with E-state index < -0.39 is 0 Å². The molecule has 3 aromatic heterocycles. The zero-order valence-corrected chi connectivity index (χ0v) is 16.8. The summed E-state index contributed by atoms with van der Waals surface area (Å²) in [7, 11) is 0. The lowest BCUT2D eigenvalue weighted by Gasteiger charge is -2.38. The number of hydrogen-bond acceptors (Lipinski definition) is 5. The van der Waals surface area contributed by atoms with Gasteiger partial charge in [0, 0.05) is 37.4 Å². The Kier molecular flexibility index (Phi) is 4.83. The van der Waals surface area contributed by atoms with Crippen LogP contribution in [0.15, 0.2) is 49.1 Å². The number of pyridine rings is 2. The first-order valence-corrected chi connectivity index (χ1v) is 10.5. The lowest BCUT2D eigenvalue weighted by Crippen LogP contribution is -2.51. The molecule has 152 valence electrons. The molecule has 7 heteroatoms. The Hall–Kier alpha value is -3.40. The van der Waals surface area contributed by atoms with Crippen LogP contribution < -0.4 is 4.90 Å². The zero-order valence-electron chi connectivity index (χ0n) is 16.8. The van der Waals surface area contributed by atoms with E-state index in [1.807, 2.05) is 18.6 Å². The van der Waals surface area contributed by atoms with Crippen molar-refractivity contribution in [3.8, 4) is 6.07 Å². The van der Waals surface area contributed by atoms with E-state index in [4.69, 9.17) is 5.26 Å². The van der Waals surface area contributed by atoms with Crippen LogP contribution in [-0.4, -0.2) is 50.9 Å². The first kappa shape index (κ1) is 18.6. The molecule has 2 aliphatic heterocycles. The molecule has 2 saturated heterocycles. The number of aryl methyl sites for hydroxylation is 1. The zero-order chi connectivity index (χ0) is 20.5. The van der Waals surface area contributed by atoms with Gasteiger partial charge >= 0.3 is 0 Å². The van der Waals surface area contributed by atoms with Crippen LogP contribution in [0.5, 0.6) is 0 Å². The number of piperazine rings is 1. The summed E-state index contributed by atoms with van der Waals surface area (Å²) in [4.78, 5) is 25.9. The minimum atomic E-state index is 0.117. The molecule has 3 aromatic rings. The summed E-state index contributed by atoms with van der Waals surface area (Å²) >= 11 is 0. The molecule has 7 nitrogen and oxygen atoms in total. The van der Waals surface area contributed by atoms with Crippen LogP contribution in [0, 0.1) is 17.2 Å². The summed E-state index contributed by atoms with van der Waals surface area (Å²) in [5.74, 6) is 1.32. The molecule has 2 aliphatic rings. The minimum absolute atomic E-state index is 0.117. The van der Waals surface area contributed by atoms with Gasteiger partial charge in [-0.2, -0.15) is 5.26 Å². The van der Waals surface area contributed by atoms with Gasteiger partial charge in [0.1, 0.15) is 11.9 Å². The Morgan fingerprint density at radius 2 is 2.10 bits per heavy atom. The predicted octanol–water partition coefficient (Wildman–Crippen LogP) is 2.66. The van der Waals surface area contributed by atoms with E-state index in [-0.39, 0.29) is 12.0 Å². The van der Waals surface area contributed by atoms with Gasteiger partial charge in [-0.15, -0.1) is 0 Å². The highest BCUT2D eigenvalue weighted by molar-refractivity contribution is 5.82. The number of rotatable bonds is 5. The normalized spacial score (nSPS) is 21.1.